The van der Waals surface area contributed by atoms with Gasteiger partial charge in [-0.2, -0.15) is 0 Å². The number of Topliss-reactive ketones (excluding diaryl/α,β-unsaturated/α-hetero) is 1. The van der Waals surface area contributed by atoms with Crippen LogP contribution >= 0.6 is 0 Å². The summed E-state index contributed by atoms with van der Waals surface area (Å²) in [6, 6.07) is 13.1. The summed E-state index contributed by atoms with van der Waals surface area (Å²) < 4.78 is 5.69. The average Bonchev–Trinajstić information content (AvgIpc) is 3.05. The highest BCUT2D eigenvalue weighted by Gasteiger charge is 2.22. The van der Waals surface area contributed by atoms with E-state index in [-0.39, 0.29) is 30.7 Å². The van der Waals surface area contributed by atoms with Crippen LogP contribution in [-0.4, -0.2) is 46.5 Å². The van der Waals surface area contributed by atoms with Crippen LogP contribution in [0.15, 0.2) is 48.5 Å². The Labute approximate surface area is 151 Å². The predicted octanol–water partition coefficient (Wildman–Crippen LogP) is 2.42. The summed E-state index contributed by atoms with van der Waals surface area (Å²) >= 11 is 0. The van der Waals surface area contributed by atoms with Gasteiger partial charge in [0.05, 0.1) is 17.6 Å². The zero-order valence-electron chi connectivity index (χ0n) is 14.2. The Balaban J connectivity index is 1.58. The smallest absolute Gasteiger partial charge is 0.269 e. The Hall–Kier alpha value is -2.77. The fourth-order valence-electron chi connectivity index (χ4n) is 2.89. The molecule has 0 spiro atoms. The zero-order chi connectivity index (χ0) is 18.5. The molecule has 2 aromatic rings. The van der Waals surface area contributed by atoms with Crippen LogP contribution in [0.25, 0.3) is 0 Å². The monoisotopic (exact) mass is 356 g/mol. The first-order valence-corrected chi connectivity index (χ1v) is 8.41. The molecule has 7 nitrogen and oxygen atoms in total. The third-order valence-electron chi connectivity index (χ3n) is 4.32. The number of β-amino-alcohol motifs (C(OH)–C–C–N with tert-alkyl or cyclic N) is 1. The average molecular weight is 356 g/mol. The second-order valence-electron chi connectivity index (χ2n) is 6.34. The van der Waals surface area contributed by atoms with Crippen LogP contribution in [0.3, 0.4) is 0 Å². The van der Waals surface area contributed by atoms with Crippen LogP contribution in [0.4, 0.5) is 5.69 Å². The van der Waals surface area contributed by atoms with Gasteiger partial charge in [0.25, 0.3) is 5.69 Å². The van der Waals surface area contributed by atoms with Gasteiger partial charge in [0.15, 0.2) is 5.78 Å². The molecule has 1 aliphatic rings. The quantitative estimate of drug-likeness (QED) is 0.465. The van der Waals surface area contributed by atoms with Gasteiger partial charge in [-0.15, -0.1) is 0 Å². The van der Waals surface area contributed by atoms with Gasteiger partial charge in [0.2, 0.25) is 0 Å². The predicted molar refractivity (Wildman–Crippen MR) is 95.3 cm³/mol. The summed E-state index contributed by atoms with van der Waals surface area (Å²) in [6.07, 6.45) is 0.352. The van der Waals surface area contributed by atoms with Gasteiger partial charge >= 0.3 is 0 Å². The van der Waals surface area contributed by atoms with E-state index in [1.165, 1.54) is 12.1 Å². The van der Waals surface area contributed by atoms with E-state index in [9.17, 15) is 20.0 Å². The number of carbonyl (C=O) groups excluding carboxylic acids is 1. The number of ether oxygens (including phenoxy) is 1. The Bertz CT molecular complexity index is 791. The first-order valence-electron chi connectivity index (χ1n) is 8.41. The van der Waals surface area contributed by atoms with E-state index < -0.39 is 4.92 Å². The zero-order valence-corrected chi connectivity index (χ0v) is 14.2. The number of benzene rings is 2. The Morgan fingerprint density at radius 3 is 2.69 bits per heavy atom. The number of hydrogen-bond acceptors (Lipinski definition) is 6. The molecule has 0 saturated carbocycles. The normalized spacial score (nSPS) is 17.2. The third-order valence-corrected chi connectivity index (χ3v) is 4.32. The molecule has 1 unspecified atom stereocenters. The summed E-state index contributed by atoms with van der Waals surface area (Å²) in [5.41, 5.74) is 1.40. The molecule has 26 heavy (non-hydrogen) atoms. The van der Waals surface area contributed by atoms with Crippen molar-refractivity contribution in [1.82, 2.24) is 4.90 Å². The molecule has 1 fully saturated rings. The third kappa shape index (κ3) is 4.65. The lowest BCUT2D eigenvalue weighted by molar-refractivity contribution is -0.384. The van der Waals surface area contributed by atoms with Gasteiger partial charge in [0, 0.05) is 30.8 Å². The molecule has 1 heterocycles. The molecule has 3 rings (SSSR count). The minimum Gasteiger partial charge on any atom is -0.489 e. The maximum atomic E-state index is 12.4. The van der Waals surface area contributed by atoms with Gasteiger partial charge < -0.3 is 9.84 Å². The molecule has 1 saturated heterocycles. The first-order chi connectivity index (χ1) is 12.5. The topological polar surface area (TPSA) is 92.9 Å². The highest BCUT2D eigenvalue weighted by atomic mass is 16.6. The van der Waals surface area contributed by atoms with Crippen LogP contribution < -0.4 is 4.74 Å². The number of ketones is 1. The van der Waals surface area contributed by atoms with Crippen molar-refractivity contribution in [3.63, 3.8) is 0 Å². The summed E-state index contributed by atoms with van der Waals surface area (Å²) in [5.74, 6) is 0.551. The number of non-ortho nitro benzene ring substituents is 1. The van der Waals surface area contributed by atoms with E-state index in [4.69, 9.17) is 4.74 Å². The minimum atomic E-state index is -0.445. The summed E-state index contributed by atoms with van der Waals surface area (Å²) in [4.78, 5) is 24.5. The van der Waals surface area contributed by atoms with Crippen LogP contribution in [0.1, 0.15) is 22.3 Å². The standard InChI is InChI=1S/C19H20N2O5/c22-17-8-9-20(11-17)12-19(23)15-2-1-3-18(10-15)26-13-14-4-6-16(7-5-14)21(24)25/h1-7,10,17,22H,8-9,11-13H2. The Morgan fingerprint density at radius 1 is 1.27 bits per heavy atom. The van der Waals surface area contributed by atoms with Crippen molar-refractivity contribution < 1.29 is 19.6 Å². The second-order valence-corrected chi connectivity index (χ2v) is 6.34. The van der Waals surface area contributed by atoms with Crippen molar-refractivity contribution in [1.29, 1.82) is 0 Å². The molecule has 1 aliphatic heterocycles. The molecule has 0 bridgehead atoms. The molecule has 2 aromatic carbocycles. The highest BCUT2D eigenvalue weighted by Crippen LogP contribution is 2.18. The van der Waals surface area contributed by atoms with Crippen molar-refractivity contribution in [2.45, 2.75) is 19.1 Å². The van der Waals surface area contributed by atoms with Gasteiger partial charge in [-0.05, 0) is 36.2 Å². The molecule has 7 heteroatoms. The number of nitrogens with zero attached hydrogens (tertiary/aromatic N) is 2. The van der Waals surface area contributed by atoms with E-state index in [1.807, 2.05) is 4.90 Å². The number of likely N-dealkylation sites (tertiary alicyclic amines) is 1. The number of carbonyl (C=O) groups is 1. The maximum Gasteiger partial charge on any atom is 0.269 e. The molecular weight excluding hydrogens is 336 g/mol. The fraction of sp³-hybridized carbons (Fsp3) is 0.316. The van der Waals surface area contributed by atoms with E-state index in [0.29, 0.717) is 24.3 Å². The molecule has 136 valence electrons. The Morgan fingerprint density at radius 2 is 2.04 bits per heavy atom. The molecule has 0 radical (unpaired) electrons. The van der Waals surface area contributed by atoms with Gasteiger partial charge in [-0.3, -0.25) is 19.8 Å². The first kappa shape index (κ1) is 18.0. The molecule has 1 N–H and O–H groups in total. The second kappa shape index (κ2) is 8.07. The van der Waals surface area contributed by atoms with E-state index in [0.717, 1.165) is 12.1 Å². The number of nitro benzene ring substituents is 1. The van der Waals surface area contributed by atoms with E-state index in [1.54, 1.807) is 36.4 Å². The number of aliphatic hydroxyl groups is 1. The lowest BCUT2D eigenvalue weighted by Gasteiger charge is -2.14. The maximum absolute atomic E-state index is 12.4. The lowest BCUT2D eigenvalue weighted by Crippen LogP contribution is -2.28. The van der Waals surface area contributed by atoms with Crippen LogP contribution in [0.2, 0.25) is 0 Å². The SMILES string of the molecule is O=C(CN1CCC(O)C1)c1cccc(OCc2ccc([N+](=O)[O-])cc2)c1. The van der Waals surface area contributed by atoms with Gasteiger partial charge in [-0.25, -0.2) is 0 Å². The van der Waals surface area contributed by atoms with Gasteiger partial charge in [0.1, 0.15) is 12.4 Å². The number of rotatable bonds is 7. The fourth-order valence-corrected chi connectivity index (χ4v) is 2.89. The van der Waals surface area contributed by atoms with Crippen LogP contribution in [-0.2, 0) is 6.61 Å². The van der Waals surface area contributed by atoms with Gasteiger partial charge in [-0.1, -0.05) is 12.1 Å². The summed E-state index contributed by atoms with van der Waals surface area (Å²) in [6.45, 7) is 1.79. The van der Waals surface area contributed by atoms with Crippen molar-refractivity contribution in [2.75, 3.05) is 19.6 Å². The van der Waals surface area contributed by atoms with E-state index in [2.05, 4.69) is 0 Å². The molecule has 0 amide bonds. The van der Waals surface area contributed by atoms with Crippen molar-refractivity contribution >= 4 is 11.5 Å². The van der Waals surface area contributed by atoms with Crippen molar-refractivity contribution in [3.05, 3.63) is 69.8 Å². The summed E-state index contributed by atoms with van der Waals surface area (Å²) in [5, 5.41) is 20.2. The lowest BCUT2D eigenvalue weighted by atomic mass is 10.1. The van der Waals surface area contributed by atoms with Crippen molar-refractivity contribution in [3.8, 4) is 5.75 Å². The van der Waals surface area contributed by atoms with Crippen LogP contribution in [0, 0.1) is 10.1 Å². The number of hydrogen-bond donors (Lipinski definition) is 1. The largest absolute Gasteiger partial charge is 0.489 e. The van der Waals surface area contributed by atoms with Crippen molar-refractivity contribution in [2.24, 2.45) is 0 Å². The molecule has 0 aromatic heterocycles. The highest BCUT2D eigenvalue weighted by molar-refractivity contribution is 5.98. The molecule has 1 atom stereocenters. The molecular formula is C19H20N2O5. The minimum absolute atomic E-state index is 0.0140. The molecule has 0 aliphatic carbocycles. The summed E-state index contributed by atoms with van der Waals surface area (Å²) in [7, 11) is 0. The van der Waals surface area contributed by atoms with E-state index >= 15 is 0 Å². The Kier molecular flexibility index (Phi) is 5.60. The van der Waals surface area contributed by atoms with Crippen LogP contribution in [0.5, 0.6) is 5.75 Å². The number of aliphatic hydroxyl groups excluding tert-OH is 1. The number of nitro groups is 1.